The number of hydrogen-bond acceptors (Lipinski definition) is 1. The summed E-state index contributed by atoms with van der Waals surface area (Å²) in [5.74, 6) is 0. The van der Waals surface area contributed by atoms with E-state index in [4.69, 9.17) is 34.8 Å². The number of halogens is 6. The van der Waals surface area contributed by atoms with Crippen LogP contribution in [0.15, 0.2) is 0 Å². The van der Waals surface area contributed by atoms with Crippen molar-refractivity contribution in [1.82, 2.24) is 4.98 Å². The molecule has 1 rings (SSSR count). The molecule has 0 aromatic carbocycles. The minimum atomic E-state index is -4.64. The fourth-order valence-corrected chi connectivity index (χ4v) is 1.61. The summed E-state index contributed by atoms with van der Waals surface area (Å²) in [4.78, 5) is 1.83. The van der Waals surface area contributed by atoms with E-state index in [0.717, 1.165) is 0 Å². The monoisotopic (exact) mass is 281 g/mol. The van der Waals surface area contributed by atoms with Crippen LogP contribution in [0.25, 0.3) is 0 Å². The topological polar surface area (TPSA) is 15.8 Å². The molecule has 0 aliphatic rings. The van der Waals surface area contributed by atoms with Crippen molar-refractivity contribution in [3.05, 3.63) is 25.4 Å². The molecule has 1 heterocycles. The van der Waals surface area contributed by atoms with Crippen molar-refractivity contribution in [2.24, 2.45) is 0 Å². The Balaban J connectivity index is 3.58. The first-order chi connectivity index (χ1) is 6.25. The van der Waals surface area contributed by atoms with Crippen molar-refractivity contribution < 1.29 is 13.2 Å². The third kappa shape index (κ3) is 2.16. The maximum absolute atomic E-state index is 12.3. The van der Waals surface area contributed by atoms with Gasteiger partial charge >= 0.3 is 6.18 Å². The molecule has 0 spiro atoms. The van der Waals surface area contributed by atoms with Gasteiger partial charge in [-0.05, 0) is 0 Å². The summed E-state index contributed by atoms with van der Waals surface area (Å²) < 4.78 is 36.5. The summed E-state index contributed by atoms with van der Waals surface area (Å²) in [5.41, 5.74) is -1.20. The van der Waals surface area contributed by atoms with Gasteiger partial charge in [-0.25, -0.2) is 0 Å². The summed E-state index contributed by atoms with van der Waals surface area (Å²) in [6.45, 7) is 0. The molecule has 0 fully saturated rings. The molecule has 0 aliphatic carbocycles. The molecule has 8 heteroatoms. The number of H-pyrrole nitrogens is 1. The number of pyridine rings is 1. The SMILES string of the molecule is FC(F)(F)c1[nH]c(Cl)c(Cl)c(=S)c1Cl. The number of nitrogens with one attached hydrogen (secondary N) is 1. The maximum atomic E-state index is 12.3. The second kappa shape index (κ2) is 3.89. The van der Waals surface area contributed by atoms with E-state index >= 15 is 0 Å². The molecule has 0 aliphatic heterocycles. The Bertz CT molecular complexity index is 426. The van der Waals surface area contributed by atoms with Crippen LogP contribution in [0, 0.1) is 4.51 Å². The van der Waals surface area contributed by atoms with Gasteiger partial charge in [0, 0.05) is 0 Å². The zero-order valence-electron chi connectivity index (χ0n) is 6.18. The summed E-state index contributed by atoms with van der Waals surface area (Å²) in [6.07, 6.45) is -4.64. The normalized spacial score (nSPS) is 11.9. The maximum Gasteiger partial charge on any atom is 0.432 e. The average Bonchev–Trinajstić information content (AvgIpc) is 2.06. The molecule has 14 heavy (non-hydrogen) atoms. The van der Waals surface area contributed by atoms with Gasteiger partial charge in [-0.3, -0.25) is 0 Å². The minimum absolute atomic E-state index is 0.195. The summed E-state index contributed by atoms with van der Waals surface area (Å²) >= 11 is 20.8. The van der Waals surface area contributed by atoms with E-state index in [9.17, 15) is 13.2 Å². The Morgan fingerprint density at radius 1 is 1.07 bits per heavy atom. The van der Waals surface area contributed by atoms with Crippen LogP contribution in [0.3, 0.4) is 0 Å². The molecule has 1 aromatic rings. The number of rotatable bonds is 0. The van der Waals surface area contributed by atoms with Crippen LogP contribution in [-0.2, 0) is 6.18 Å². The van der Waals surface area contributed by atoms with Crippen LogP contribution in [-0.4, -0.2) is 4.98 Å². The van der Waals surface area contributed by atoms with Crippen LogP contribution < -0.4 is 0 Å². The van der Waals surface area contributed by atoms with Crippen LogP contribution in [0.1, 0.15) is 5.69 Å². The molecule has 78 valence electrons. The van der Waals surface area contributed by atoms with Crippen molar-refractivity contribution in [3.8, 4) is 0 Å². The standard InChI is InChI=1S/C6HCl3F3NS/c7-1-3(14)2(8)5(9)13-4(1)6(10,11)12/h(H,13,14). The predicted molar refractivity (Wildman–Crippen MR) is 51.7 cm³/mol. The van der Waals surface area contributed by atoms with Gasteiger partial charge in [0.2, 0.25) is 0 Å². The minimum Gasteiger partial charge on any atom is -0.340 e. The Morgan fingerprint density at radius 2 is 1.57 bits per heavy atom. The van der Waals surface area contributed by atoms with E-state index in [1.54, 1.807) is 0 Å². The average molecular weight is 283 g/mol. The molecule has 0 saturated heterocycles. The van der Waals surface area contributed by atoms with Gasteiger partial charge in [0.05, 0.1) is 14.6 Å². The number of alkyl halides is 3. The number of aromatic nitrogens is 1. The Hall–Kier alpha value is 0.0300. The van der Waals surface area contributed by atoms with Gasteiger partial charge in [0.25, 0.3) is 0 Å². The van der Waals surface area contributed by atoms with Crippen molar-refractivity contribution in [2.75, 3.05) is 0 Å². The van der Waals surface area contributed by atoms with Gasteiger partial charge in [0.15, 0.2) is 0 Å². The van der Waals surface area contributed by atoms with Crippen LogP contribution in [0.4, 0.5) is 13.2 Å². The van der Waals surface area contributed by atoms with Crippen molar-refractivity contribution in [2.45, 2.75) is 6.18 Å². The number of hydrogen-bond donors (Lipinski definition) is 1. The van der Waals surface area contributed by atoms with Crippen molar-refractivity contribution in [3.63, 3.8) is 0 Å². The first kappa shape index (κ1) is 12.1. The van der Waals surface area contributed by atoms with E-state index in [-0.39, 0.29) is 14.7 Å². The highest BCUT2D eigenvalue weighted by Gasteiger charge is 2.35. The fourth-order valence-electron chi connectivity index (χ4n) is 0.724. The van der Waals surface area contributed by atoms with Gasteiger partial charge in [-0.2, -0.15) is 13.2 Å². The third-order valence-electron chi connectivity index (χ3n) is 1.33. The van der Waals surface area contributed by atoms with Crippen molar-refractivity contribution >= 4 is 47.0 Å². The molecular formula is C6HCl3F3NS. The highest BCUT2D eigenvalue weighted by Crippen LogP contribution is 2.37. The highest BCUT2D eigenvalue weighted by molar-refractivity contribution is 7.71. The molecular weight excluding hydrogens is 281 g/mol. The lowest BCUT2D eigenvalue weighted by atomic mass is 10.3. The van der Waals surface area contributed by atoms with Crippen LogP contribution in [0.2, 0.25) is 15.2 Å². The molecule has 0 atom stereocenters. The van der Waals surface area contributed by atoms with Gasteiger partial charge < -0.3 is 4.98 Å². The van der Waals surface area contributed by atoms with Crippen molar-refractivity contribution in [1.29, 1.82) is 0 Å². The van der Waals surface area contributed by atoms with Crippen LogP contribution in [0.5, 0.6) is 0 Å². The molecule has 1 aromatic heterocycles. The molecule has 0 radical (unpaired) electrons. The fraction of sp³-hybridized carbons (Fsp3) is 0.167. The first-order valence-electron chi connectivity index (χ1n) is 3.09. The second-order valence-electron chi connectivity index (χ2n) is 2.27. The van der Waals surface area contributed by atoms with E-state index in [1.165, 1.54) is 0 Å². The third-order valence-corrected chi connectivity index (χ3v) is 3.10. The second-order valence-corrected chi connectivity index (χ2v) is 3.81. The highest BCUT2D eigenvalue weighted by atomic mass is 35.5. The Labute approximate surface area is 96.8 Å². The Morgan fingerprint density at radius 3 is 2.00 bits per heavy atom. The largest absolute Gasteiger partial charge is 0.432 e. The van der Waals surface area contributed by atoms with Gasteiger partial charge in [-0.15, -0.1) is 0 Å². The summed E-state index contributed by atoms with van der Waals surface area (Å²) in [6, 6.07) is 0. The quantitative estimate of drug-likeness (QED) is 0.537. The van der Waals surface area contributed by atoms with E-state index in [2.05, 4.69) is 12.2 Å². The molecule has 0 saturated carbocycles. The smallest absolute Gasteiger partial charge is 0.340 e. The number of aromatic amines is 1. The van der Waals surface area contributed by atoms with E-state index in [0.29, 0.717) is 0 Å². The molecule has 1 N–H and O–H groups in total. The molecule has 0 amide bonds. The van der Waals surface area contributed by atoms with Gasteiger partial charge in [-0.1, -0.05) is 47.0 Å². The molecule has 0 bridgehead atoms. The Kier molecular flexibility index (Phi) is 3.36. The zero-order chi connectivity index (χ0) is 11.1. The first-order valence-corrected chi connectivity index (χ1v) is 4.63. The lowest BCUT2D eigenvalue weighted by molar-refractivity contribution is -0.141. The molecule has 1 nitrogen and oxygen atoms in total. The van der Waals surface area contributed by atoms with Crippen LogP contribution >= 0.6 is 47.0 Å². The zero-order valence-corrected chi connectivity index (χ0v) is 9.26. The summed E-state index contributed by atoms with van der Waals surface area (Å²) in [5, 5.41) is -1.23. The summed E-state index contributed by atoms with van der Waals surface area (Å²) in [7, 11) is 0. The van der Waals surface area contributed by atoms with E-state index in [1.807, 2.05) is 4.98 Å². The van der Waals surface area contributed by atoms with Gasteiger partial charge in [0.1, 0.15) is 10.8 Å². The molecule has 0 unspecified atom stereocenters. The lowest BCUT2D eigenvalue weighted by Gasteiger charge is -2.10. The van der Waals surface area contributed by atoms with E-state index < -0.39 is 16.9 Å². The lowest BCUT2D eigenvalue weighted by Crippen LogP contribution is -2.09. The predicted octanol–water partition coefficient (Wildman–Crippen LogP) is 4.72.